The van der Waals surface area contributed by atoms with Crippen molar-refractivity contribution in [3.05, 3.63) is 24.0 Å². The van der Waals surface area contributed by atoms with Crippen molar-refractivity contribution >= 4 is 29.7 Å². The van der Waals surface area contributed by atoms with Crippen LogP contribution < -0.4 is 5.46 Å². The van der Waals surface area contributed by atoms with Gasteiger partial charge in [0.1, 0.15) is 11.4 Å². The highest BCUT2D eigenvalue weighted by Gasteiger charge is 2.56. The Bertz CT molecular complexity index is 1030. The van der Waals surface area contributed by atoms with Gasteiger partial charge in [-0.3, -0.25) is 4.90 Å². The highest BCUT2D eigenvalue weighted by molar-refractivity contribution is 6.62. The summed E-state index contributed by atoms with van der Waals surface area (Å²) in [5.41, 5.74) is 1.46. The summed E-state index contributed by atoms with van der Waals surface area (Å²) in [7, 11) is -0.424. The van der Waals surface area contributed by atoms with Crippen LogP contribution in [-0.2, 0) is 14.0 Å². The summed E-state index contributed by atoms with van der Waals surface area (Å²) in [6.45, 7) is 13.9. The van der Waals surface area contributed by atoms with E-state index in [-0.39, 0.29) is 29.4 Å². The van der Waals surface area contributed by atoms with Gasteiger partial charge < -0.3 is 19.0 Å². The minimum absolute atomic E-state index is 0.0775. The lowest BCUT2D eigenvalue weighted by Crippen LogP contribution is -2.41. The number of ether oxygens (including phenoxy) is 1. The van der Waals surface area contributed by atoms with Gasteiger partial charge in [-0.15, -0.1) is 0 Å². The van der Waals surface area contributed by atoms with Gasteiger partial charge in [0.05, 0.1) is 28.3 Å². The van der Waals surface area contributed by atoms with Crippen LogP contribution in [0.1, 0.15) is 73.2 Å². The molecular weight excluding hydrogens is 393 g/mol. The molecule has 8 heteroatoms. The summed E-state index contributed by atoms with van der Waals surface area (Å²) >= 11 is 0. The van der Waals surface area contributed by atoms with Crippen molar-refractivity contribution in [3.8, 4) is 0 Å². The molecule has 7 nitrogen and oxygen atoms in total. The van der Waals surface area contributed by atoms with Gasteiger partial charge in [-0.1, -0.05) is 6.07 Å². The van der Waals surface area contributed by atoms with Crippen LogP contribution in [0.2, 0.25) is 0 Å². The second kappa shape index (κ2) is 6.48. The molecule has 3 heterocycles. The summed E-state index contributed by atoms with van der Waals surface area (Å²) in [5, 5.41) is 0. The standard InChI is InChI=1S/C23H32BN3O4/c1-21(2,3)29-20(28)27-17-10-13(17)11-18(27)19-25-15-9-8-14(12-16(15)26-19)24-30-22(4,5)23(6,7)31-24/h8-9,12-13,17-18H,10-11H2,1-7H3,(H,25,26)/t13?,17-,18+/m0/s1. The summed E-state index contributed by atoms with van der Waals surface area (Å²) in [4.78, 5) is 23.1. The monoisotopic (exact) mass is 425 g/mol. The number of hydrogen-bond acceptors (Lipinski definition) is 5. The molecule has 1 unspecified atom stereocenters. The number of likely N-dealkylation sites (tertiary alicyclic amines) is 1. The van der Waals surface area contributed by atoms with Crippen molar-refractivity contribution in [1.82, 2.24) is 14.9 Å². The average Bonchev–Trinajstić information content (AvgIpc) is 3.02. The van der Waals surface area contributed by atoms with Gasteiger partial charge in [-0.2, -0.15) is 0 Å². The van der Waals surface area contributed by atoms with Crippen LogP contribution in [0.15, 0.2) is 18.2 Å². The normalized spacial score (nSPS) is 28.8. The zero-order chi connectivity index (χ0) is 22.3. The molecule has 2 aliphatic heterocycles. The molecule has 3 aliphatic rings. The number of nitrogens with one attached hydrogen (secondary N) is 1. The molecule has 2 aromatic rings. The Morgan fingerprint density at radius 3 is 2.52 bits per heavy atom. The van der Waals surface area contributed by atoms with E-state index in [9.17, 15) is 4.79 Å². The van der Waals surface area contributed by atoms with Crippen LogP contribution in [-0.4, -0.2) is 50.9 Å². The third-order valence-electron chi connectivity index (χ3n) is 7.08. The third-order valence-corrected chi connectivity index (χ3v) is 7.08. The lowest BCUT2D eigenvalue weighted by Gasteiger charge is -2.32. The van der Waals surface area contributed by atoms with E-state index in [4.69, 9.17) is 19.0 Å². The number of H-pyrrole nitrogens is 1. The highest BCUT2D eigenvalue weighted by Crippen LogP contribution is 2.53. The Balaban J connectivity index is 1.41. The number of aromatic nitrogens is 2. The van der Waals surface area contributed by atoms with Gasteiger partial charge in [-0.05, 0) is 84.8 Å². The first-order valence-corrected chi connectivity index (χ1v) is 11.2. The van der Waals surface area contributed by atoms with Crippen molar-refractivity contribution in [3.63, 3.8) is 0 Å². The Morgan fingerprint density at radius 2 is 1.87 bits per heavy atom. The summed E-state index contributed by atoms with van der Waals surface area (Å²) in [6, 6.07) is 6.24. The topological polar surface area (TPSA) is 76.7 Å². The van der Waals surface area contributed by atoms with E-state index in [2.05, 4.69) is 32.7 Å². The second-order valence-electron chi connectivity index (χ2n) is 11.2. The fourth-order valence-corrected chi connectivity index (χ4v) is 4.60. The first-order valence-electron chi connectivity index (χ1n) is 11.2. The molecule has 31 heavy (non-hydrogen) atoms. The summed E-state index contributed by atoms with van der Waals surface area (Å²) < 4.78 is 18.1. The molecule has 2 saturated heterocycles. The minimum Gasteiger partial charge on any atom is -0.444 e. The van der Waals surface area contributed by atoms with Gasteiger partial charge in [0.15, 0.2) is 0 Å². The van der Waals surface area contributed by atoms with Crippen LogP contribution in [0.4, 0.5) is 4.79 Å². The van der Waals surface area contributed by atoms with E-state index < -0.39 is 12.7 Å². The van der Waals surface area contributed by atoms with Crippen LogP contribution >= 0.6 is 0 Å². The maximum atomic E-state index is 12.9. The largest absolute Gasteiger partial charge is 0.494 e. The molecule has 0 bridgehead atoms. The van der Waals surface area contributed by atoms with E-state index >= 15 is 0 Å². The first kappa shape index (κ1) is 20.8. The van der Waals surface area contributed by atoms with E-state index in [0.29, 0.717) is 5.92 Å². The molecular formula is C23H32BN3O4. The lowest BCUT2D eigenvalue weighted by atomic mass is 9.79. The van der Waals surface area contributed by atoms with Gasteiger partial charge in [0.25, 0.3) is 0 Å². The molecule has 1 N–H and O–H groups in total. The first-order chi connectivity index (χ1) is 14.3. The number of carbonyl (C=O) groups is 1. The average molecular weight is 425 g/mol. The molecule has 3 fully saturated rings. The van der Waals surface area contributed by atoms with Crippen molar-refractivity contribution in [1.29, 1.82) is 0 Å². The molecule has 1 aromatic heterocycles. The Kier molecular flexibility index (Phi) is 4.35. The molecule has 1 saturated carbocycles. The lowest BCUT2D eigenvalue weighted by molar-refractivity contribution is 0.00578. The van der Waals surface area contributed by atoms with Gasteiger partial charge in [-0.25, -0.2) is 9.78 Å². The predicted molar refractivity (Wildman–Crippen MR) is 119 cm³/mol. The molecule has 1 amide bonds. The number of piperidine rings is 1. The fourth-order valence-electron chi connectivity index (χ4n) is 4.60. The van der Waals surface area contributed by atoms with E-state index in [1.54, 1.807) is 0 Å². The zero-order valence-corrected chi connectivity index (χ0v) is 19.5. The van der Waals surface area contributed by atoms with Crippen LogP contribution in [0.25, 0.3) is 11.0 Å². The molecule has 0 radical (unpaired) electrons. The number of amides is 1. The number of hydrogen-bond donors (Lipinski definition) is 1. The molecule has 1 aliphatic carbocycles. The van der Waals surface area contributed by atoms with Crippen molar-refractivity contribution < 1.29 is 18.8 Å². The molecule has 1 aromatic carbocycles. The fraction of sp³-hybridized carbons (Fsp3) is 0.652. The zero-order valence-electron chi connectivity index (χ0n) is 19.5. The summed E-state index contributed by atoms with van der Waals surface area (Å²) in [6.07, 6.45) is 1.73. The van der Waals surface area contributed by atoms with E-state index in [1.807, 2.05) is 43.9 Å². The maximum absolute atomic E-state index is 12.9. The van der Waals surface area contributed by atoms with Gasteiger partial charge >= 0.3 is 13.2 Å². The molecule has 0 spiro atoms. The molecule has 5 rings (SSSR count). The predicted octanol–water partition coefficient (Wildman–Crippen LogP) is 3.93. The molecule has 3 atom stereocenters. The summed E-state index contributed by atoms with van der Waals surface area (Å²) in [5.74, 6) is 1.37. The number of rotatable bonds is 2. The van der Waals surface area contributed by atoms with E-state index in [1.165, 1.54) is 0 Å². The Labute approximate surface area is 184 Å². The van der Waals surface area contributed by atoms with E-state index in [0.717, 1.165) is 35.2 Å². The van der Waals surface area contributed by atoms with Gasteiger partial charge in [0.2, 0.25) is 0 Å². The van der Waals surface area contributed by atoms with Crippen molar-refractivity contribution in [2.45, 2.75) is 90.2 Å². The number of benzene rings is 1. The number of nitrogens with zero attached hydrogens (tertiary/aromatic N) is 2. The molecule has 166 valence electrons. The van der Waals surface area contributed by atoms with Crippen molar-refractivity contribution in [2.75, 3.05) is 0 Å². The van der Waals surface area contributed by atoms with Crippen LogP contribution in [0.5, 0.6) is 0 Å². The van der Waals surface area contributed by atoms with Crippen molar-refractivity contribution in [2.24, 2.45) is 5.92 Å². The quantitative estimate of drug-likeness (QED) is 0.738. The number of carbonyl (C=O) groups excluding carboxylic acids is 1. The number of aromatic amines is 1. The van der Waals surface area contributed by atoms with Crippen LogP contribution in [0, 0.1) is 5.92 Å². The highest BCUT2D eigenvalue weighted by atomic mass is 16.7. The SMILES string of the molecule is CC(C)(C)OC(=O)N1[C@@H](c2nc3cc(B4OC(C)(C)C(C)(C)O4)ccc3[nH]2)CC2C[C@@H]21. The second-order valence-corrected chi connectivity index (χ2v) is 11.2. The Morgan fingerprint density at radius 1 is 1.19 bits per heavy atom. The number of fused-ring (bicyclic) bond motifs is 2. The smallest absolute Gasteiger partial charge is 0.444 e. The minimum atomic E-state index is -0.514. The van der Waals surface area contributed by atoms with Crippen LogP contribution in [0.3, 0.4) is 0 Å². The Hall–Kier alpha value is -2.06. The third kappa shape index (κ3) is 3.54. The number of imidazole rings is 1. The maximum Gasteiger partial charge on any atom is 0.494 e. The van der Waals surface area contributed by atoms with Gasteiger partial charge in [0, 0.05) is 6.04 Å².